The lowest BCUT2D eigenvalue weighted by molar-refractivity contribution is -0.137. The molecule has 1 atom stereocenters. The molecule has 2 rings (SSSR count). The molecule has 1 aromatic heterocycles. The number of aromatic nitrogens is 1. The van der Waals surface area contributed by atoms with Crippen molar-refractivity contribution >= 4 is 11.9 Å². The summed E-state index contributed by atoms with van der Waals surface area (Å²) in [4.78, 5) is 23.1. The van der Waals surface area contributed by atoms with Gasteiger partial charge in [0.15, 0.2) is 11.5 Å². The molecule has 0 aliphatic carbocycles. The number of aliphatic carboxylic acids is 1. The minimum atomic E-state index is -0.897. The Kier molecular flexibility index (Phi) is 6.51. The van der Waals surface area contributed by atoms with Gasteiger partial charge in [0, 0.05) is 25.6 Å². The van der Waals surface area contributed by atoms with Crippen molar-refractivity contribution in [3.8, 4) is 0 Å². The summed E-state index contributed by atoms with van der Waals surface area (Å²) in [6.07, 6.45) is 0.854. The lowest BCUT2D eigenvalue weighted by atomic mass is 10.0. The molecular formula is C17H20N2O5. The predicted molar refractivity (Wildman–Crippen MR) is 85.5 cm³/mol. The first kappa shape index (κ1) is 17.7. The fourth-order valence-electron chi connectivity index (χ4n) is 2.31. The summed E-state index contributed by atoms with van der Waals surface area (Å²) in [7, 11) is 1.52. The smallest absolute Gasteiger partial charge is 0.303 e. The van der Waals surface area contributed by atoms with Crippen molar-refractivity contribution in [1.29, 1.82) is 0 Å². The van der Waals surface area contributed by atoms with Gasteiger partial charge in [-0.05, 0) is 18.4 Å². The van der Waals surface area contributed by atoms with Crippen molar-refractivity contribution < 1.29 is 24.0 Å². The monoisotopic (exact) mass is 332 g/mol. The summed E-state index contributed by atoms with van der Waals surface area (Å²) in [5.74, 6) is -0.841. The molecule has 0 saturated heterocycles. The first-order chi connectivity index (χ1) is 11.6. The van der Waals surface area contributed by atoms with Gasteiger partial charge in [-0.25, -0.2) is 0 Å². The second-order valence-corrected chi connectivity index (χ2v) is 5.40. The molecule has 1 heterocycles. The summed E-state index contributed by atoms with van der Waals surface area (Å²) in [5, 5.41) is 15.4. The van der Waals surface area contributed by atoms with Gasteiger partial charge in [-0.2, -0.15) is 0 Å². The van der Waals surface area contributed by atoms with Crippen LogP contribution in [0.15, 0.2) is 40.9 Å². The average Bonchev–Trinajstić information content (AvgIpc) is 3.03. The third-order valence-electron chi connectivity index (χ3n) is 3.44. The molecule has 7 nitrogen and oxygen atoms in total. The second-order valence-electron chi connectivity index (χ2n) is 5.40. The van der Waals surface area contributed by atoms with Gasteiger partial charge in [-0.3, -0.25) is 9.59 Å². The lowest BCUT2D eigenvalue weighted by Crippen LogP contribution is -2.37. The summed E-state index contributed by atoms with van der Waals surface area (Å²) >= 11 is 0. The van der Waals surface area contributed by atoms with Gasteiger partial charge in [-0.15, -0.1) is 0 Å². The molecule has 0 saturated carbocycles. The molecule has 0 aliphatic heterocycles. The summed E-state index contributed by atoms with van der Waals surface area (Å²) in [5.41, 5.74) is 1.17. The number of hydrogen-bond acceptors (Lipinski definition) is 5. The maximum absolute atomic E-state index is 12.3. The molecule has 7 heteroatoms. The first-order valence-corrected chi connectivity index (χ1v) is 7.59. The number of nitrogens with one attached hydrogen (secondary N) is 1. The van der Waals surface area contributed by atoms with Crippen LogP contribution in [0.2, 0.25) is 0 Å². The average molecular weight is 332 g/mol. The number of carbonyl (C=O) groups excluding carboxylic acids is 1. The van der Waals surface area contributed by atoms with Crippen LogP contribution in [-0.4, -0.2) is 35.3 Å². The Hall–Kier alpha value is -2.67. The van der Waals surface area contributed by atoms with Gasteiger partial charge < -0.3 is 19.7 Å². The number of carboxylic acid groups (broad SMARTS) is 1. The van der Waals surface area contributed by atoms with Gasteiger partial charge in [0.2, 0.25) is 0 Å². The Bertz CT molecular complexity index is 669. The molecule has 1 aromatic carbocycles. The van der Waals surface area contributed by atoms with E-state index in [0.717, 1.165) is 5.56 Å². The van der Waals surface area contributed by atoms with E-state index in [1.807, 2.05) is 30.3 Å². The number of carbonyl (C=O) groups is 2. The van der Waals surface area contributed by atoms with Gasteiger partial charge >= 0.3 is 5.97 Å². The van der Waals surface area contributed by atoms with Crippen LogP contribution in [0.4, 0.5) is 0 Å². The van der Waals surface area contributed by atoms with Crippen LogP contribution in [0.5, 0.6) is 0 Å². The molecule has 0 spiro atoms. The molecular weight excluding hydrogens is 312 g/mol. The Morgan fingerprint density at radius 3 is 2.75 bits per heavy atom. The van der Waals surface area contributed by atoms with E-state index < -0.39 is 11.9 Å². The van der Waals surface area contributed by atoms with E-state index >= 15 is 0 Å². The first-order valence-electron chi connectivity index (χ1n) is 7.59. The van der Waals surface area contributed by atoms with Crippen LogP contribution in [0.1, 0.15) is 34.7 Å². The standard InChI is InChI=1S/C17H20N2O5/c1-23-11-14-10-15(19-24-14)17(22)18-13(7-8-16(20)21)9-12-5-3-2-4-6-12/h2-6,10,13H,7-9,11H2,1H3,(H,18,22)(H,20,21). The van der Waals surface area contributed by atoms with E-state index in [1.54, 1.807) is 0 Å². The molecule has 128 valence electrons. The number of rotatable bonds is 9. The zero-order valence-corrected chi connectivity index (χ0v) is 13.4. The minimum Gasteiger partial charge on any atom is -0.481 e. The highest BCUT2D eigenvalue weighted by molar-refractivity contribution is 5.92. The van der Waals surface area contributed by atoms with Gasteiger partial charge in [-0.1, -0.05) is 35.5 Å². The fraction of sp³-hybridized carbons (Fsp3) is 0.353. The van der Waals surface area contributed by atoms with E-state index in [2.05, 4.69) is 10.5 Å². The van der Waals surface area contributed by atoms with Crippen LogP contribution in [0, 0.1) is 0 Å². The highest BCUT2D eigenvalue weighted by Gasteiger charge is 2.18. The molecule has 0 aliphatic rings. The van der Waals surface area contributed by atoms with Crippen molar-refractivity contribution in [3.63, 3.8) is 0 Å². The molecule has 1 unspecified atom stereocenters. The number of amides is 1. The maximum Gasteiger partial charge on any atom is 0.303 e. The lowest BCUT2D eigenvalue weighted by Gasteiger charge is -2.17. The van der Waals surface area contributed by atoms with Crippen LogP contribution in [-0.2, 0) is 22.6 Å². The topological polar surface area (TPSA) is 102 Å². The number of hydrogen-bond donors (Lipinski definition) is 2. The van der Waals surface area contributed by atoms with Crippen molar-refractivity contribution in [2.75, 3.05) is 7.11 Å². The van der Waals surface area contributed by atoms with Gasteiger partial charge in [0.1, 0.15) is 6.61 Å². The normalized spacial score (nSPS) is 11.9. The molecule has 1 amide bonds. The summed E-state index contributed by atoms with van der Waals surface area (Å²) in [6.45, 7) is 0.229. The minimum absolute atomic E-state index is 0.0223. The number of nitrogens with zero attached hydrogens (tertiary/aromatic N) is 1. The van der Waals surface area contributed by atoms with E-state index in [0.29, 0.717) is 18.6 Å². The van der Waals surface area contributed by atoms with Crippen molar-refractivity contribution in [1.82, 2.24) is 10.5 Å². The molecule has 0 fully saturated rings. The molecule has 24 heavy (non-hydrogen) atoms. The highest BCUT2D eigenvalue weighted by Crippen LogP contribution is 2.10. The Morgan fingerprint density at radius 2 is 2.08 bits per heavy atom. The van der Waals surface area contributed by atoms with Crippen molar-refractivity contribution in [2.24, 2.45) is 0 Å². The number of carboxylic acids is 1. The number of methoxy groups -OCH3 is 1. The number of benzene rings is 1. The Morgan fingerprint density at radius 1 is 1.33 bits per heavy atom. The SMILES string of the molecule is COCc1cc(C(=O)NC(CCC(=O)O)Cc2ccccc2)no1. The zero-order chi connectivity index (χ0) is 17.4. The predicted octanol–water partition coefficient (Wildman–Crippen LogP) is 2.03. The van der Waals surface area contributed by atoms with E-state index in [-0.39, 0.29) is 24.8 Å². The zero-order valence-electron chi connectivity index (χ0n) is 13.4. The van der Waals surface area contributed by atoms with Gasteiger partial charge in [0.05, 0.1) is 0 Å². The van der Waals surface area contributed by atoms with E-state index in [9.17, 15) is 9.59 Å². The molecule has 0 bridgehead atoms. The third kappa shape index (κ3) is 5.51. The maximum atomic E-state index is 12.3. The van der Waals surface area contributed by atoms with Crippen LogP contribution >= 0.6 is 0 Å². The Labute approximate surface area is 139 Å². The summed E-state index contributed by atoms with van der Waals surface area (Å²) in [6, 6.07) is 10.8. The molecule has 0 radical (unpaired) electrons. The highest BCUT2D eigenvalue weighted by atomic mass is 16.5. The van der Waals surface area contributed by atoms with Crippen LogP contribution in [0.3, 0.4) is 0 Å². The second kappa shape index (κ2) is 8.83. The van der Waals surface area contributed by atoms with E-state index in [4.69, 9.17) is 14.4 Å². The van der Waals surface area contributed by atoms with Crippen LogP contribution in [0.25, 0.3) is 0 Å². The summed E-state index contributed by atoms with van der Waals surface area (Å²) < 4.78 is 9.91. The molecule has 2 N–H and O–H groups in total. The largest absolute Gasteiger partial charge is 0.481 e. The van der Waals surface area contributed by atoms with Crippen molar-refractivity contribution in [3.05, 3.63) is 53.4 Å². The fourth-order valence-corrected chi connectivity index (χ4v) is 2.31. The quantitative estimate of drug-likeness (QED) is 0.728. The van der Waals surface area contributed by atoms with E-state index in [1.165, 1.54) is 13.2 Å². The van der Waals surface area contributed by atoms with Crippen molar-refractivity contribution in [2.45, 2.75) is 31.9 Å². The van der Waals surface area contributed by atoms with Crippen LogP contribution < -0.4 is 5.32 Å². The molecule has 2 aromatic rings. The Balaban J connectivity index is 2.02. The number of ether oxygens (including phenoxy) is 1. The third-order valence-corrected chi connectivity index (χ3v) is 3.44. The van der Waals surface area contributed by atoms with Gasteiger partial charge in [0.25, 0.3) is 5.91 Å².